The first-order valence-electron chi connectivity index (χ1n) is 8.44. The van der Waals surface area contributed by atoms with Crippen LogP contribution in [0.1, 0.15) is 27.4 Å². The molecule has 1 heterocycles. The van der Waals surface area contributed by atoms with Crippen LogP contribution in [0, 0.1) is 0 Å². The zero-order chi connectivity index (χ0) is 18.8. The molecule has 0 amide bonds. The molecule has 0 saturated carbocycles. The van der Waals surface area contributed by atoms with Crippen molar-refractivity contribution in [3.05, 3.63) is 94.0 Å². The lowest BCUT2D eigenvalue weighted by molar-refractivity contribution is -0.143. The second-order valence-corrected chi connectivity index (χ2v) is 7.06. The maximum atomic E-state index is 12.9. The maximum Gasteiger partial charge on any atom is 0.318 e. The highest BCUT2D eigenvalue weighted by Crippen LogP contribution is 2.44. The molecule has 134 valence electrons. The van der Waals surface area contributed by atoms with Gasteiger partial charge in [-0.3, -0.25) is 9.59 Å². The largest absolute Gasteiger partial charge is 0.457 e. The van der Waals surface area contributed by atoms with Crippen LogP contribution in [0.2, 0.25) is 0 Å². The summed E-state index contributed by atoms with van der Waals surface area (Å²) in [7, 11) is 0. The Balaban J connectivity index is 1.57. The van der Waals surface area contributed by atoms with Gasteiger partial charge in [0, 0.05) is 21.2 Å². The number of ether oxygens (including phenoxy) is 2. The molecule has 4 rings (SSSR count). The fraction of sp³-hybridized carbons (Fsp3) is 0.0909. The highest BCUT2D eigenvalue weighted by atomic mass is 79.9. The normalized spacial score (nSPS) is 12.5. The van der Waals surface area contributed by atoms with Gasteiger partial charge in [0.25, 0.3) is 0 Å². The number of ketones is 1. The Morgan fingerprint density at radius 3 is 2.00 bits per heavy atom. The van der Waals surface area contributed by atoms with E-state index in [1.807, 2.05) is 48.5 Å². The maximum absolute atomic E-state index is 12.9. The van der Waals surface area contributed by atoms with Crippen LogP contribution in [0.25, 0.3) is 0 Å². The Morgan fingerprint density at radius 1 is 0.852 bits per heavy atom. The molecule has 3 aromatic rings. The van der Waals surface area contributed by atoms with Crippen LogP contribution in [-0.4, -0.2) is 18.4 Å². The van der Waals surface area contributed by atoms with E-state index < -0.39 is 11.9 Å². The lowest BCUT2D eigenvalue weighted by atomic mass is 9.88. The molecule has 27 heavy (non-hydrogen) atoms. The topological polar surface area (TPSA) is 52.6 Å². The zero-order valence-corrected chi connectivity index (χ0v) is 15.8. The number of carbonyl (C=O) groups excluding carboxylic acids is 2. The predicted octanol–water partition coefficient (Wildman–Crippen LogP) is 5.11. The monoisotopic (exact) mass is 422 g/mol. The molecule has 1 aliphatic rings. The average molecular weight is 423 g/mol. The van der Waals surface area contributed by atoms with Crippen LogP contribution in [0.3, 0.4) is 0 Å². The average Bonchev–Trinajstić information content (AvgIpc) is 2.70. The first-order valence-corrected chi connectivity index (χ1v) is 9.24. The summed E-state index contributed by atoms with van der Waals surface area (Å²) in [6.07, 6.45) is 0. The van der Waals surface area contributed by atoms with Crippen molar-refractivity contribution < 1.29 is 19.1 Å². The molecule has 4 nitrogen and oxygen atoms in total. The third kappa shape index (κ3) is 3.51. The van der Waals surface area contributed by atoms with Gasteiger partial charge >= 0.3 is 5.97 Å². The number of para-hydroxylation sites is 2. The molecule has 0 aromatic heterocycles. The van der Waals surface area contributed by atoms with E-state index in [1.54, 1.807) is 24.3 Å². The van der Waals surface area contributed by atoms with E-state index in [0.29, 0.717) is 17.1 Å². The first-order chi connectivity index (χ1) is 13.1. The number of Topliss-reactive ketones (excluding diaryl/α,β-unsaturated/α-hetero) is 1. The molecule has 3 aromatic carbocycles. The molecule has 0 spiro atoms. The van der Waals surface area contributed by atoms with Gasteiger partial charge in [0.15, 0.2) is 12.4 Å². The SMILES string of the molecule is O=C(COC(=O)C1c2ccccc2Oc2ccccc21)c1ccc(Br)cc1. The van der Waals surface area contributed by atoms with E-state index in [0.717, 1.165) is 15.6 Å². The number of benzene rings is 3. The van der Waals surface area contributed by atoms with Gasteiger partial charge in [0.05, 0.1) is 0 Å². The molecule has 0 N–H and O–H groups in total. The number of rotatable bonds is 4. The quantitative estimate of drug-likeness (QED) is 0.432. The molecule has 0 radical (unpaired) electrons. The highest BCUT2D eigenvalue weighted by molar-refractivity contribution is 9.10. The first kappa shape index (κ1) is 17.5. The summed E-state index contributed by atoms with van der Waals surface area (Å²) in [5, 5.41) is 0. The van der Waals surface area contributed by atoms with Gasteiger partial charge in [0.2, 0.25) is 0 Å². The predicted molar refractivity (Wildman–Crippen MR) is 104 cm³/mol. The van der Waals surface area contributed by atoms with Crippen molar-refractivity contribution in [3.8, 4) is 11.5 Å². The minimum Gasteiger partial charge on any atom is -0.457 e. The van der Waals surface area contributed by atoms with E-state index in [2.05, 4.69) is 15.9 Å². The van der Waals surface area contributed by atoms with Crippen molar-refractivity contribution in [3.63, 3.8) is 0 Å². The standard InChI is InChI=1S/C22H15BrO4/c23-15-11-9-14(10-12-15)18(24)13-26-22(25)21-16-5-1-3-7-19(16)27-20-8-4-2-6-17(20)21/h1-12,21H,13H2. The summed E-state index contributed by atoms with van der Waals surface area (Å²) in [5.74, 6) is -0.0909. The summed E-state index contributed by atoms with van der Waals surface area (Å²) < 4.78 is 12.2. The lowest BCUT2D eigenvalue weighted by Crippen LogP contribution is -2.23. The number of hydrogen-bond acceptors (Lipinski definition) is 4. The Hall–Kier alpha value is -2.92. The number of fused-ring (bicyclic) bond motifs is 2. The Labute approximate surface area is 164 Å². The Morgan fingerprint density at radius 2 is 1.41 bits per heavy atom. The van der Waals surface area contributed by atoms with Crippen molar-refractivity contribution in [1.82, 2.24) is 0 Å². The molecule has 1 aliphatic heterocycles. The number of halogens is 1. The lowest BCUT2D eigenvalue weighted by Gasteiger charge is -2.26. The van der Waals surface area contributed by atoms with Crippen LogP contribution < -0.4 is 4.74 Å². The zero-order valence-electron chi connectivity index (χ0n) is 14.2. The van der Waals surface area contributed by atoms with Gasteiger partial charge in [-0.2, -0.15) is 0 Å². The van der Waals surface area contributed by atoms with E-state index in [4.69, 9.17) is 9.47 Å². The Bertz CT molecular complexity index is 965. The summed E-state index contributed by atoms with van der Waals surface area (Å²) in [4.78, 5) is 25.2. The molecule has 0 atom stereocenters. The fourth-order valence-corrected chi connectivity index (χ4v) is 3.37. The second kappa shape index (κ2) is 7.37. The molecular weight excluding hydrogens is 408 g/mol. The van der Waals surface area contributed by atoms with Crippen molar-refractivity contribution in [2.24, 2.45) is 0 Å². The van der Waals surface area contributed by atoms with Gasteiger partial charge in [-0.1, -0.05) is 64.5 Å². The van der Waals surface area contributed by atoms with Crippen LogP contribution in [-0.2, 0) is 9.53 Å². The summed E-state index contributed by atoms with van der Waals surface area (Å²) in [5.41, 5.74) is 1.97. The van der Waals surface area contributed by atoms with E-state index >= 15 is 0 Å². The number of hydrogen-bond donors (Lipinski definition) is 0. The van der Waals surface area contributed by atoms with Gasteiger partial charge in [-0.25, -0.2) is 0 Å². The van der Waals surface area contributed by atoms with Crippen LogP contribution in [0.15, 0.2) is 77.3 Å². The minimum absolute atomic E-state index is 0.246. The van der Waals surface area contributed by atoms with Gasteiger partial charge in [-0.05, 0) is 24.3 Å². The number of carbonyl (C=O) groups is 2. The van der Waals surface area contributed by atoms with Crippen molar-refractivity contribution in [2.45, 2.75) is 5.92 Å². The van der Waals surface area contributed by atoms with Gasteiger partial charge < -0.3 is 9.47 Å². The Kier molecular flexibility index (Phi) is 4.77. The van der Waals surface area contributed by atoms with E-state index in [-0.39, 0.29) is 12.4 Å². The summed E-state index contributed by atoms with van der Waals surface area (Å²) in [6, 6.07) is 21.7. The van der Waals surface area contributed by atoms with Gasteiger partial charge in [-0.15, -0.1) is 0 Å². The molecule has 0 unspecified atom stereocenters. The van der Waals surface area contributed by atoms with E-state index in [1.165, 1.54) is 0 Å². The van der Waals surface area contributed by atoms with Crippen molar-refractivity contribution in [2.75, 3.05) is 6.61 Å². The molecule has 5 heteroatoms. The molecule has 0 saturated heterocycles. The molecular formula is C22H15BrO4. The smallest absolute Gasteiger partial charge is 0.318 e. The van der Waals surface area contributed by atoms with Gasteiger partial charge in [0.1, 0.15) is 17.4 Å². The van der Waals surface area contributed by atoms with Crippen LogP contribution in [0.5, 0.6) is 11.5 Å². The molecule has 0 bridgehead atoms. The van der Waals surface area contributed by atoms with Crippen LogP contribution in [0.4, 0.5) is 0 Å². The summed E-state index contributed by atoms with van der Waals surface area (Å²) >= 11 is 3.33. The second-order valence-electron chi connectivity index (χ2n) is 6.15. The number of esters is 1. The van der Waals surface area contributed by atoms with Crippen LogP contribution >= 0.6 is 15.9 Å². The third-order valence-electron chi connectivity index (χ3n) is 4.43. The minimum atomic E-state index is -0.621. The molecule has 0 fully saturated rings. The fourth-order valence-electron chi connectivity index (χ4n) is 3.10. The van der Waals surface area contributed by atoms with Crippen molar-refractivity contribution in [1.29, 1.82) is 0 Å². The van der Waals surface area contributed by atoms with Crippen molar-refractivity contribution >= 4 is 27.7 Å². The van der Waals surface area contributed by atoms with E-state index in [9.17, 15) is 9.59 Å². The third-order valence-corrected chi connectivity index (χ3v) is 4.96. The molecule has 0 aliphatic carbocycles. The highest BCUT2D eigenvalue weighted by Gasteiger charge is 2.33. The summed E-state index contributed by atoms with van der Waals surface area (Å²) in [6.45, 7) is -0.303.